The van der Waals surface area contributed by atoms with Crippen molar-refractivity contribution in [2.24, 2.45) is 13.0 Å². The number of carbonyl (C=O) groups is 1. The Morgan fingerprint density at radius 2 is 2.20 bits per heavy atom. The summed E-state index contributed by atoms with van der Waals surface area (Å²) >= 11 is 0. The molecule has 2 rings (SSSR count). The Bertz CT molecular complexity index is 337. The summed E-state index contributed by atoms with van der Waals surface area (Å²) in [6, 6.07) is 0. The molecule has 1 heterocycles. The maximum Gasteiger partial charge on any atom is 0.166 e. The van der Waals surface area contributed by atoms with Gasteiger partial charge in [0.2, 0.25) is 0 Å². The average molecular weight is 206 g/mol. The smallest absolute Gasteiger partial charge is 0.166 e. The Hall–Kier alpha value is -1.12. The number of aromatic nitrogens is 2. The van der Waals surface area contributed by atoms with Gasteiger partial charge in [0.1, 0.15) is 0 Å². The molecule has 0 radical (unpaired) electrons. The van der Waals surface area contributed by atoms with E-state index in [1.54, 1.807) is 10.9 Å². The summed E-state index contributed by atoms with van der Waals surface area (Å²) in [6.07, 6.45) is 10.6. The van der Waals surface area contributed by atoms with Gasteiger partial charge in [-0.3, -0.25) is 9.48 Å². The fraction of sp³-hybridized carbons (Fsp3) is 0.667. The lowest BCUT2D eigenvalue weighted by molar-refractivity contribution is 0.0950. The maximum absolute atomic E-state index is 11.9. The Morgan fingerprint density at radius 3 is 2.80 bits per heavy atom. The van der Waals surface area contributed by atoms with Gasteiger partial charge in [-0.2, -0.15) is 5.10 Å². The Balaban J connectivity index is 1.91. The molecular weight excluding hydrogens is 188 g/mol. The van der Waals surface area contributed by atoms with Crippen molar-refractivity contribution in [1.29, 1.82) is 0 Å². The Morgan fingerprint density at radius 1 is 1.47 bits per heavy atom. The van der Waals surface area contributed by atoms with E-state index >= 15 is 0 Å². The molecule has 3 heteroatoms. The van der Waals surface area contributed by atoms with E-state index in [-0.39, 0.29) is 5.78 Å². The van der Waals surface area contributed by atoms with Crippen molar-refractivity contribution >= 4 is 5.78 Å². The number of carbonyl (C=O) groups excluding carboxylic acids is 1. The van der Waals surface area contributed by atoms with Crippen LogP contribution < -0.4 is 0 Å². The molecule has 1 saturated carbocycles. The van der Waals surface area contributed by atoms with E-state index in [1.165, 1.54) is 32.1 Å². The standard InChI is InChI=1S/C12H18N2O/c1-14-9-11(8-13-14)12(15)7-10-5-3-2-4-6-10/h8-10H,2-7H2,1H3. The molecule has 15 heavy (non-hydrogen) atoms. The molecular formula is C12H18N2O. The van der Waals surface area contributed by atoms with Crippen molar-refractivity contribution in [2.75, 3.05) is 0 Å². The van der Waals surface area contributed by atoms with Crippen LogP contribution in [0.1, 0.15) is 48.9 Å². The SMILES string of the molecule is Cn1cc(C(=O)CC2CCCCC2)cn1. The minimum Gasteiger partial charge on any atom is -0.294 e. The maximum atomic E-state index is 11.9. The zero-order chi connectivity index (χ0) is 10.7. The largest absolute Gasteiger partial charge is 0.294 e. The van der Waals surface area contributed by atoms with Crippen LogP contribution in [-0.4, -0.2) is 15.6 Å². The van der Waals surface area contributed by atoms with E-state index in [4.69, 9.17) is 0 Å². The molecule has 0 unspecified atom stereocenters. The third-order valence-electron chi connectivity index (χ3n) is 3.23. The quantitative estimate of drug-likeness (QED) is 0.712. The lowest BCUT2D eigenvalue weighted by atomic mass is 9.85. The van der Waals surface area contributed by atoms with Crippen LogP contribution in [0.4, 0.5) is 0 Å². The molecule has 0 aromatic carbocycles. The van der Waals surface area contributed by atoms with Crippen LogP contribution in [0.3, 0.4) is 0 Å². The van der Waals surface area contributed by atoms with Gasteiger partial charge in [0, 0.05) is 19.7 Å². The van der Waals surface area contributed by atoms with Crippen LogP contribution in [0, 0.1) is 5.92 Å². The Kier molecular flexibility index (Phi) is 3.19. The van der Waals surface area contributed by atoms with Gasteiger partial charge in [-0.15, -0.1) is 0 Å². The monoisotopic (exact) mass is 206 g/mol. The summed E-state index contributed by atoms with van der Waals surface area (Å²) in [5.41, 5.74) is 0.767. The molecule has 0 saturated heterocycles. The zero-order valence-electron chi connectivity index (χ0n) is 9.28. The fourth-order valence-electron chi connectivity index (χ4n) is 2.34. The van der Waals surface area contributed by atoms with Gasteiger partial charge in [-0.05, 0) is 5.92 Å². The van der Waals surface area contributed by atoms with Crippen molar-refractivity contribution in [2.45, 2.75) is 38.5 Å². The first-order valence-electron chi connectivity index (χ1n) is 5.77. The van der Waals surface area contributed by atoms with Crippen molar-refractivity contribution in [1.82, 2.24) is 9.78 Å². The van der Waals surface area contributed by atoms with Gasteiger partial charge >= 0.3 is 0 Å². The van der Waals surface area contributed by atoms with Crippen LogP contribution in [0.5, 0.6) is 0 Å². The summed E-state index contributed by atoms with van der Waals surface area (Å²) < 4.78 is 1.69. The summed E-state index contributed by atoms with van der Waals surface area (Å²) in [4.78, 5) is 11.9. The lowest BCUT2D eigenvalue weighted by Gasteiger charge is -2.20. The first kappa shape index (κ1) is 10.4. The summed E-state index contributed by atoms with van der Waals surface area (Å²) in [5.74, 6) is 0.876. The molecule has 1 aromatic rings. The van der Waals surface area contributed by atoms with Crippen LogP contribution >= 0.6 is 0 Å². The Labute approximate surface area is 90.5 Å². The topological polar surface area (TPSA) is 34.9 Å². The molecule has 1 aliphatic carbocycles. The van der Waals surface area contributed by atoms with Gasteiger partial charge < -0.3 is 0 Å². The molecule has 0 amide bonds. The first-order valence-corrected chi connectivity index (χ1v) is 5.77. The third kappa shape index (κ3) is 2.67. The number of nitrogens with zero attached hydrogens (tertiary/aromatic N) is 2. The number of rotatable bonds is 3. The van der Waals surface area contributed by atoms with Gasteiger partial charge in [0.15, 0.2) is 5.78 Å². The van der Waals surface area contributed by atoms with E-state index in [0.717, 1.165) is 5.56 Å². The van der Waals surface area contributed by atoms with E-state index in [0.29, 0.717) is 12.3 Å². The lowest BCUT2D eigenvalue weighted by Crippen LogP contribution is -2.11. The highest BCUT2D eigenvalue weighted by molar-refractivity contribution is 5.95. The van der Waals surface area contributed by atoms with Gasteiger partial charge in [0.25, 0.3) is 0 Å². The molecule has 0 N–H and O–H groups in total. The predicted molar refractivity (Wildman–Crippen MR) is 58.7 cm³/mol. The van der Waals surface area contributed by atoms with Crippen molar-refractivity contribution in [3.63, 3.8) is 0 Å². The second-order valence-corrected chi connectivity index (χ2v) is 4.53. The normalized spacial score (nSPS) is 17.9. The third-order valence-corrected chi connectivity index (χ3v) is 3.23. The van der Waals surface area contributed by atoms with Crippen LogP contribution in [-0.2, 0) is 7.05 Å². The minimum atomic E-state index is 0.259. The highest BCUT2D eigenvalue weighted by Gasteiger charge is 2.18. The van der Waals surface area contributed by atoms with Crippen molar-refractivity contribution in [3.8, 4) is 0 Å². The van der Waals surface area contributed by atoms with Crippen LogP contribution in [0.15, 0.2) is 12.4 Å². The van der Waals surface area contributed by atoms with E-state index < -0.39 is 0 Å². The predicted octanol–water partition coefficient (Wildman–Crippen LogP) is 2.57. The van der Waals surface area contributed by atoms with Crippen molar-refractivity contribution < 1.29 is 4.79 Å². The highest BCUT2D eigenvalue weighted by atomic mass is 16.1. The minimum absolute atomic E-state index is 0.259. The summed E-state index contributed by atoms with van der Waals surface area (Å²) in [6.45, 7) is 0. The first-order chi connectivity index (χ1) is 7.25. The van der Waals surface area contributed by atoms with E-state index in [9.17, 15) is 4.79 Å². The highest BCUT2D eigenvalue weighted by Crippen LogP contribution is 2.27. The molecule has 3 nitrogen and oxygen atoms in total. The molecule has 0 spiro atoms. The molecule has 82 valence electrons. The fourth-order valence-corrected chi connectivity index (χ4v) is 2.34. The number of aryl methyl sites for hydroxylation is 1. The molecule has 0 atom stereocenters. The number of hydrogen-bond donors (Lipinski definition) is 0. The number of hydrogen-bond acceptors (Lipinski definition) is 2. The summed E-state index contributed by atoms with van der Waals surface area (Å²) in [7, 11) is 1.84. The molecule has 1 aromatic heterocycles. The number of ketones is 1. The number of Topliss-reactive ketones (excluding diaryl/α,β-unsaturated/α-hetero) is 1. The van der Waals surface area contributed by atoms with Gasteiger partial charge in [-0.1, -0.05) is 32.1 Å². The van der Waals surface area contributed by atoms with Gasteiger partial charge in [0.05, 0.1) is 11.8 Å². The van der Waals surface area contributed by atoms with Gasteiger partial charge in [-0.25, -0.2) is 0 Å². The van der Waals surface area contributed by atoms with Crippen LogP contribution in [0.2, 0.25) is 0 Å². The molecule has 1 aliphatic rings. The van der Waals surface area contributed by atoms with E-state index in [1.807, 2.05) is 13.2 Å². The second-order valence-electron chi connectivity index (χ2n) is 4.53. The molecule has 0 aliphatic heterocycles. The second kappa shape index (κ2) is 4.60. The van der Waals surface area contributed by atoms with Crippen LogP contribution in [0.25, 0.3) is 0 Å². The summed E-state index contributed by atoms with van der Waals surface area (Å²) in [5, 5.41) is 4.03. The average Bonchev–Trinajstić information content (AvgIpc) is 2.66. The van der Waals surface area contributed by atoms with E-state index in [2.05, 4.69) is 5.10 Å². The van der Waals surface area contributed by atoms with Crippen molar-refractivity contribution in [3.05, 3.63) is 18.0 Å². The zero-order valence-corrected chi connectivity index (χ0v) is 9.28. The molecule has 1 fully saturated rings. The molecule has 0 bridgehead atoms.